The number of rotatable bonds is 9. The predicted octanol–water partition coefficient (Wildman–Crippen LogP) is 4.57. The molecule has 2 heteroatoms. The number of thioether (sulfide) groups is 2. The van der Waals surface area contributed by atoms with Gasteiger partial charge in [0, 0.05) is 5.75 Å². The second-order valence-electron chi connectivity index (χ2n) is 3.02. The van der Waals surface area contributed by atoms with Crippen LogP contribution in [-0.4, -0.2) is 17.3 Å². The highest BCUT2D eigenvalue weighted by Crippen LogP contribution is 2.09. The minimum Gasteiger partial charge on any atom is -0.158 e. The van der Waals surface area contributed by atoms with Gasteiger partial charge in [-0.05, 0) is 29.8 Å². The minimum absolute atomic E-state index is 1.19. The maximum Gasteiger partial charge on any atom is 0.0121 e. The van der Waals surface area contributed by atoms with Gasteiger partial charge in [0.15, 0.2) is 0 Å². The summed E-state index contributed by atoms with van der Waals surface area (Å²) in [5.74, 6) is 3.80. The highest BCUT2D eigenvalue weighted by atomic mass is 32.2. The Balaban J connectivity index is 2.95. The lowest BCUT2D eigenvalue weighted by molar-refractivity contribution is 0.897. The Hall–Kier alpha value is 0.440. The molecule has 0 aromatic carbocycles. The number of hydrogen-bond donors (Lipinski definition) is 0. The fourth-order valence-electron chi connectivity index (χ4n) is 0.801. The summed E-state index contributed by atoms with van der Waals surface area (Å²) in [4.78, 5) is 0. The van der Waals surface area contributed by atoms with E-state index in [9.17, 15) is 0 Å². The zero-order valence-electron chi connectivity index (χ0n) is 8.92. The van der Waals surface area contributed by atoms with Crippen molar-refractivity contribution in [1.29, 1.82) is 0 Å². The first-order chi connectivity index (χ1) is 6.41. The van der Waals surface area contributed by atoms with Crippen LogP contribution in [0.4, 0.5) is 0 Å². The van der Waals surface area contributed by atoms with E-state index >= 15 is 0 Å². The van der Waals surface area contributed by atoms with Crippen molar-refractivity contribution in [3.8, 4) is 0 Å². The van der Waals surface area contributed by atoms with Crippen molar-refractivity contribution in [2.75, 3.05) is 17.3 Å². The number of hydrogen-bond acceptors (Lipinski definition) is 2. The zero-order chi connectivity index (χ0) is 9.78. The van der Waals surface area contributed by atoms with E-state index < -0.39 is 0 Å². The van der Waals surface area contributed by atoms with Gasteiger partial charge in [-0.25, -0.2) is 0 Å². The smallest absolute Gasteiger partial charge is 0.0121 e. The van der Waals surface area contributed by atoms with E-state index in [1.165, 1.54) is 42.9 Å². The summed E-state index contributed by atoms with van der Waals surface area (Å²) in [6.45, 7) is 4.49. The Morgan fingerprint density at radius 3 is 2.38 bits per heavy atom. The van der Waals surface area contributed by atoms with Crippen LogP contribution in [0.25, 0.3) is 0 Å². The molecule has 0 rings (SSSR count). The summed E-state index contributed by atoms with van der Waals surface area (Å²) < 4.78 is 0. The molecule has 0 aliphatic rings. The Morgan fingerprint density at radius 1 is 1.00 bits per heavy atom. The van der Waals surface area contributed by atoms with Gasteiger partial charge in [0.25, 0.3) is 0 Å². The minimum atomic E-state index is 1.19. The lowest BCUT2D eigenvalue weighted by atomic mass is 10.4. The standard InChI is InChI=1S/C11H22S2/c1-3-5-8-12-10-7-11-13-9-6-4-2/h7,10H,3-6,8-9,11H2,1-2H3. The van der Waals surface area contributed by atoms with Gasteiger partial charge in [-0.3, -0.25) is 0 Å². The van der Waals surface area contributed by atoms with Crippen LogP contribution in [0.2, 0.25) is 0 Å². The monoisotopic (exact) mass is 218 g/mol. The number of unbranched alkanes of at least 4 members (excludes halogenated alkanes) is 2. The van der Waals surface area contributed by atoms with Crippen LogP contribution in [0.3, 0.4) is 0 Å². The van der Waals surface area contributed by atoms with E-state index in [-0.39, 0.29) is 0 Å². The molecule has 0 N–H and O–H groups in total. The third-order valence-corrected chi connectivity index (χ3v) is 3.58. The fourth-order valence-corrected chi connectivity index (χ4v) is 2.64. The molecule has 0 aromatic heterocycles. The largest absolute Gasteiger partial charge is 0.158 e. The molecule has 0 fully saturated rings. The Morgan fingerprint density at radius 2 is 1.69 bits per heavy atom. The average Bonchev–Trinajstić information content (AvgIpc) is 2.16. The van der Waals surface area contributed by atoms with Gasteiger partial charge < -0.3 is 0 Å². The molecule has 0 aliphatic carbocycles. The Kier molecular flexibility index (Phi) is 12.9. The topological polar surface area (TPSA) is 0 Å². The molecular formula is C11H22S2. The van der Waals surface area contributed by atoms with E-state index in [1.807, 2.05) is 23.5 Å². The summed E-state index contributed by atoms with van der Waals surface area (Å²) in [5.41, 5.74) is 0. The first-order valence-electron chi connectivity index (χ1n) is 5.26. The van der Waals surface area contributed by atoms with Gasteiger partial charge in [-0.2, -0.15) is 11.8 Å². The maximum atomic E-state index is 2.29. The van der Waals surface area contributed by atoms with Crippen molar-refractivity contribution >= 4 is 23.5 Å². The van der Waals surface area contributed by atoms with Crippen LogP contribution in [0.15, 0.2) is 11.5 Å². The Labute approximate surface area is 91.9 Å². The van der Waals surface area contributed by atoms with E-state index in [0.717, 1.165) is 0 Å². The van der Waals surface area contributed by atoms with Gasteiger partial charge in [-0.1, -0.05) is 32.8 Å². The van der Waals surface area contributed by atoms with Crippen molar-refractivity contribution in [2.45, 2.75) is 39.5 Å². The van der Waals surface area contributed by atoms with Crippen LogP contribution in [0.5, 0.6) is 0 Å². The molecule has 0 saturated heterocycles. The molecule has 0 unspecified atom stereocenters. The summed E-state index contributed by atoms with van der Waals surface area (Å²) in [6, 6.07) is 0. The van der Waals surface area contributed by atoms with E-state index in [4.69, 9.17) is 0 Å². The van der Waals surface area contributed by atoms with Gasteiger partial charge in [0.05, 0.1) is 0 Å². The van der Waals surface area contributed by atoms with Crippen molar-refractivity contribution < 1.29 is 0 Å². The molecule has 0 bridgehead atoms. The lowest BCUT2D eigenvalue weighted by Crippen LogP contribution is -1.78. The SMILES string of the molecule is CCCCSC=CCSCCCC. The molecule has 0 amide bonds. The van der Waals surface area contributed by atoms with E-state index in [2.05, 4.69) is 25.3 Å². The van der Waals surface area contributed by atoms with Crippen LogP contribution < -0.4 is 0 Å². The van der Waals surface area contributed by atoms with Gasteiger partial charge in [-0.15, -0.1) is 11.8 Å². The molecule has 0 aromatic rings. The molecule has 0 nitrogen and oxygen atoms in total. The first kappa shape index (κ1) is 13.4. The molecule has 0 saturated carbocycles. The highest BCUT2D eigenvalue weighted by Gasteiger charge is 1.84. The van der Waals surface area contributed by atoms with Crippen molar-refractivity contribution in [2.24, 2.45) is 0 Å². The van der Waals surface area contributed by atoms with Gasteiger partial charge >= 0.3 is 0 Å². The molecular weight excluding hydrogens is 196 g/mol. The van der Waals surface area contributed by atoms with Crippen LogP contribution in [0.1, 0.15) is 39.5 Å². The molecule has 0 spiro atoms. The molecule has 0 atom stereocenters. The van der Waals surface area contributed by atoms with Crippen molar-refractivity contribution in [3.63, 3.8) is 0 Å². The third-order valence-electron chi connectivity index (χ3n) is 1.66. The molecule has 78 valence electrons. The summed E-state index contributed by atoms with van der Waals surface area (Å²) in [6.07, 6.45) is 7.63. The van der Waals surface area contributed by atoms with Crippen LogP contribution in [-0.2, 0) is 0 Å². The summed E-state index contributed by atoms with van der Waals surface area (Å²) in [7, 11) is 0. The first-order valence-corrected chi connectivity index (χ1v) is 7.46. The molecule has 0 aliphatic heterocycles. The predicted molar refractivity (Wildman–Crippen MR) is 68.7 cm³/mol. The van der Waals surface area contributed by atoms with Crippen LogP contribution >= 0.6 is 23.5 Å². The average molecular weight is 218 g/mol. The quantitative estimate of drug-likeness (QED) is 0.520. The highest BCUT2D eigenvalue weighted by molar-refractivity contribution is 8.02. The zero-order valence-corrected chi connectivity index (χ0v) is 10.6. The molecule has 13 heavy (non-hydrogen) atoms. The lowest BCUT2D eigenvalue weighted by Gasteiger charge is -1.95. The van der Waals surface area contributed by atoms with Crippen molar-refractivity contribution in [3.05, 3.63) is 11.5 Å². The summed E-state index contributed by atoms with van der Waals surface area (Å²) >= 11 is 3.99. The van der Waals surface area contributed by atoms with Crippen molar-refractivity contribution in [1.82, 2.24) is 0 Å². The molecule has 0 heterocycles. The van der Waals surface area contributed by atoms with Gasteiger partial charge in [0.2, 0.25) is 0 Å². The maximum absolute atomic E-state index is 2.29. The van der Waals surface area contributed by atoms with E-state index in [0.29, 0.717) is 0 Å². The molecule has 0 radical (unpaired) electrons. The summed E-state index contributed by atoms with van der Waals surface area (Å²) in [5, 5.41) is 2.26. The second kappa shape index (κ2) is 12.4. The normalized spacial score (nSPS) is 11.2. The Bertz CT molecular complexity index is 111. The fraction of sp³-hybridized carbons (Fsp3) is 0.818. The third kappa shape index (κ3) is 12.4. The van der Waals surface area contributed by atoms with Gasteiger partial charge in [0.1, 0.15) is 0 Å². The second-order valence-corrected chi connectivity index (χ2v) is 5.19. The van der Waals surface area contributed by atoms with E-state index in [1.54, 1.807) is 0 Å². The van der Waals surface area contributed by atoms with Crippen LogP contribution in [0, 0.1) is 0 Å².